The molecule has 0 unspecified atom stereocenters. The van der Waals surface area contributed by atoms with Gasteiger partial charge in [-0.1, -0.05) is 27.5 Å². The van der Waals surface area contributed by atoms with Crippen molar-refractivity contribution in [3.63, 3.8) is 0 Å². The molecule has 0 spiro atoms. The summed E-state index contributed by atoms with van der Waals surface area (Å²) in [6, 6.07) is 7.32. The second kappa shape index (κ2) is 5.67. The van der Waals surface area contributed by atoms with Crippen LogP contribution in [0.4, 0.5) is 10.1 Å². The maximum Gasteiger partial charge on any atom is 0.255 e. The summed E-state index contributed by atoms with van der Waals surface area (Å²) in [5.74, 6) is -0.946. The number of pyridine rings is 1. The van der Waals surface area contributed by atoms with Crippen molar-refractivity contribution in [1.29, 1.82) is 0 Å². The predicted octanol–water partition coefficient (Wildman–Crippen LogP) is 4.20. The molecular weight excluding hydrogens is 335 g/mol. The summed E-state index contributed by atoms with van der Waals surface area (Å²) in [6.07, 6.45) is 0. The molecule has 0 saturated heterocycles. The Hall–Kier alpha value is -1.46. The van der Waals surface area contributed by atoms with Gasteiger partial charge in [-0.3, -0.25) is 4.79 Å². The van der Waals surface area contributed by atoms with Gasteiger partial charge in [-0.15, -0.1) is 0 Å². The zero-order valence-corrected chi connectivity index (χ0v) is 12.2. The molecule has 1 heterocycles. The van der Waals surface area contributed by atoms with Gasteiger partial charge in [0.05, 0.1) is 5.69 Å². The minimum absolute atomic E-state index is 0.102. The molecule has 3 nitrogen and oxygen atoms in total. The second-order valence-corrected chi connectivity index (χ2v) is 5.20. The fourth-order valence-corrected chi connectivity index (χ4v) is 2.16. The topological polar surface area (TPSA) is 42.0 Å². The molecule has 0 aliphatic heterocycles. The molecule has 1 aromatic heterocycles. The minimum Gasteiger partial charge on any atom is -0.319 e. The number of aryl methyl sites for hydroxylation is 1. The van der Waals surface area contributed by atoms with Crippen LogP contribution in [-0.4, -0.2) is 10.9 Å². The first kappa shape index (κ1) is 14.0. The normalized spacial score (nSPS) is 10.3. The van der Waals surface area contributed by atoms with E-state index in [4.69, 9.17) is 11.6 Å². The monoisotopic (exact) mass is 342 g/mol. The highest BCUT2D eigenvalue weighted by molar-refractivity contribution is 9.10. The van der Waals surface area contributed by atoms with Gasteiger partial charge in [0, 0.05) is 15.7 Å². The van der Waals surface area contributed by atoms with E-state index in [0.29, 0.717) is 15.7 Å². The molecule has 2 rings (SSSR count). The predicted molar refractivity (Wildman–Crippen MR) is 76.0 cm³/mol. The third-order valence-electron chi connectivity index (χ3n) is 2.36. The van der Waals surface area contributed by atoms with Crippen LogP contribution < -0.4 is 5.32 Å². The van der Waals surface area contributed by atoms with Crippen LogP contribution in [0.25, 0.3) is 0 Å². The van der Waals surface area contributed by atoms with E-state index >= 15 is 0 Å². The molecule has 98 valence electrons. The first-order chi connectivity index (χ1) is 8.95. The van der Waals surface area contributed by atoms with Crippen molar-refractivity contribution in [1.82, 2.24) is 4.98 Å². The Labute approximate surface area is 122 Å². The van der Waals surface area contributed by atoms with Gasteiger partial charge in [-0.2, -0.15) is 0 Å². The number of aromatic nitrogens is 1. The van der Waals surface area contributed by atoms with Gasteiger partial charge in [0.25, 0.3) is 5.91 Å². The van der Waals surface area contributed by atoms with Gasteiger partial charge in [-0.05, 0) is 37.3 Å². The molecule has 0 bridgehead atoms. The van der Waals surface area contributed by atoms with E-state index in [0.717, 1.165) is 0 Å². The van der Waals surface area contributed by atoms with Crippen molar-refractivity contribution in [3.8, 4) is 0 Å². The summed E-state index contributed by atoms with van der Waals surface area (Å²) < 4.78 is 14.2. The van der Waals surface area contributed by atoms with Crippen LogP contribution in [0, 0.1) is 12.7 Å². The number of amides is 1. The van der Waals surface area contributed by atoms with Crippen molar-refractivity contribution < 1.29 is 9.18 Å². The number of halogens is 3. The first-order valence-electron chi connectivity index (χ1n) is 5.36. The van der Waals surface area contributed by atoms with E-state index in [2.05, 4.69) is 26.2 Å². The van der Waals surface area contributed by atoms with Gasteiger partial charge < -0.3 is 5.32 Å². The SMILES string of the molecule is Cc1cc(C(=O)Nc2cc(Br)ccc2F)cc(Cl)n1. The van der Waals surface area contributed by atoms with Crippen LogP contribution >= 0.6 is 27.5 Å². The quantitative estimate of drug-likeness (QED) is 0.831. The van der Waals surface area contributed by atoms with Crippen molar-refractivity contribution >= 4 is 39.1 Å². The Morgan fingerprint density at radius 3 is 2.79 bits per heavy atom. The second-order valence-electron chi connectivity index (χ2n) is 3.90. The molecule has 19 heavy (non-hydrogen) atoms. The van der Waals surface area contributed by atoms with Gasteiger partial charge in [0.2, 0.25) is 0 Å². The summed E-state index contributed by atoms with van der Waals surface area (Å²) in [7, 11) is 0. The van der Waals surface area contributed by atoms with Crippen molar-refractivity contribution in [2.45, 2.75) is 6.92 Å². The van der Waals surface area contributed by atoms with Crippen molar-refractivity contribution in [3.05, 3.63) is 57.0 Å². The number of nitrogens with zero attached hydrogens (tertiary/aromatic N) is 1. The molecule has 0 aliphatic rings. The van der Waals surface area contributed by atoms with E-state index in [1.54, 1.807) is 19.1 Å². The summed E-state index contributed by atoms with van der Waals surface area (Å²) >= 11 is 9.00. The molecular formula is C13H9BrClFN2O. The van der Waals surface area contributed by atoms with E-state index in [1.165, 1.54) is 18.2 Å². The highest BCUT2D eigenvalue weighted by Crippen LogP contribution is 2.21. The van der Waals surface area contributed by atoms with Crippen molar-refractivity contribution in [2.24, 2.45) is 0 Å². The highest BCUT2D eigenvalue weighted by Gasteiger charge is 2.11. The van der Waals surface area contributed by atoms with Crippen LogP contribution in [0.2, 0.25) is 5.15 Å². The highest BCUT2D eigenvalue weighted by atomic mass is 79.9. The molecule has 0 aliphatic carbocycles. The third kappa shape index (κ3) is 3.52. The molecule has 1 aromatic carbocycles. The molecule has 0 saturated carbocycles. The molecule has 0 atom stereocenters. The van der Waals surface area contributed by atoms with Gasteiger partial charge in [0.1, 0.15) is 11.0 Å². The van der Waals surface area contributed by atoms with Crippen LogP contribution in [-0.2, 0) is 0 Å². The van der Waals surface area contributed by atoms with E-state index in [1.807, 2.05) is 0 Å². The minimum atomic E-state index is -0.506. The average molecular weight is 344 g/mol. The van der Waals surface area contributed by atoms with Crippen molar-refractivity contribution in [2.75, 3.05) is 5.32 Å². The molecule has 0 fully saturated rings. The number of nitrogens with one attached hydrogen (secondary N) is 1. The standard InChI is InChI=1S/C13H9BrClFN2O/c1-7-4-8(5-12(15)17-7)13(19)18-11-6-9(14)2-3-10(11)16/h2-6H,1H3,(H,18,19). The number of rotatable bonds is 2. The molecule has 6 heteroatoms. The Bertz CT molecular complexity index is 628. The molecule has 2 aromatic rings. The number of hydrogen-bond donors (Lipinski definition) is 1. The number of benzene rings is 1. The molecule has 0 radical (unpaired) electrons. The van der Waals surface area contributed by atoms with Crippen LogP contribution in [0.15, 0.2) is 34.8 Å². The number of anilines is 1. The van der Waals surface area contributed by atoms with Crippen LogP contribution in [0.3, 0.4) is 0 Å². The maximum absolute atomic E-state index is 13.5. The summed E-state index contributed by atoms with van der Waals surface area (Å²) in [4.78, 5) is 16.0. The fourth-order valence-electron chi connectivity index (χ4n) is 1.55. The smallest absolute Gasteiger partial charge is 0.255 e. The van der Waals surface area contributed by atoms with Crippen LogP contribution in [0.5, 0.6) is 0 Å². The number of hydrogen-bond acceptors (Lipinski definition) is 2. The average Bonchev–Trinajstić information content (AvgIpc) is 2.32. The lowest BCUT2D eigenvalue weighted by Gasteiger charge is -2.07. The lowest BCUT2D eigenvalue weighted by molar-refractivity contribution is 0.102. The number of carbonyl (C=O) groups is 1. The molecule has 1 amide bonds. The zero-order chi connectivity index (χ0) is 14.0. The zero-order valence-electron chi connectivity index (χ0n) is 9.88. The number of carbonyl (C=O) groups excluding carboxylic acids is 1. The fraction of sp³-hybridized carbons (Fsp3) is 0.0769. The summed E-state index contributed by atoms with van der Waals surface area (Å²) in [5, 5.41) is 2.71. The lowest BCUT2D eigenvalue weighted by atomic mass is 10.2. The largest absolute Gasteiger partial charge is 0.319 e. The first-order valence-corrected chi connectivity index (χ1v) is 6.53. The molecule has 1 N–H and O–H groups in total. The van der Waals surface area contributed by atoms with Gasteiger partial charge in [0.15, 0.2) is 0 Å². The summed E-state index contributed by atoms with van der Waals surface area (Å²) in [6.45, 7) is 1.72. The lowest BCUT2D eigenvalue weighted by Crippen LogP contribution is -2.13. The van der Waals surface area contributed by atoms with E-state index in [9.17, 15) is 9.18 Å². The Morgan fingerprint density at radius 2 is 2.11 bits per heavy atom. The van der Waals surface area contributed by atoms with Gasteiger partial charge in [-0.25, -0.2) is 9.37 Å². The van der Waals surface area contributed by atoms with Crippen LogP contribution in [0.1, 0.15) is 16.1 Å². The van der Waals surface area contributed by atoms with E-state index in [-0.39, 0.29) is 10.8 Å². The maximum atomic E-state index is 13.5. The van der Waals surface area contributed by atoms with E-state index < -0.39 is 11.7 Å². The summed E-state index contributed by atoms with van der Waals surface area (Å²) in [5.41, 5.74) is 1.05. The van der Waals surface area contributed by atoms with Gasteiger partial charge >= 0.3 is 0 Å². The Kier molecular flexibility index (Phi) is 4.17. The Balaban J connectivity index is 2.28. The third-order valence-corrected chi connectivity index (χ3v) is 3.05. The Morgan fingerprint density at radius 1 is 1.37 bits per heavy atom.